The van der Waals surface area contributed by atoms with Crippen LogP contribution in [0.5, 0.6) is 0 Å². The van der Waals surface area contributed by atoms with Gasteiger partial charge in [-0.05, 0) is 5.56 Å². The molecule has 1 aromatic carbocycles. The number of alkyl halides is 1. The minimum atomic E-state index is -5.12. The maximum absolute atomic E-state index is 12.9. The zero-order valence-corrected chi connectivity index (χ0v) is 22.8. The van der Waals surface area contributed by atoms with Crippen LogP contribution in [0.2, 0.25) is 0 Å². The smallest absolute Gasteiger partial charge is 0.731 e. The molecule has 12 nitrogen and oxygen atoms in total. The van der Waals surface area contributed by atoms with Crippen molar-refractivity contribution in [3.8, 4) is 0 Å². The van der Waals surface area contributed by atoms with E-state index in [0.29, 0.717) is 5.56 Å². The standard InChI is InChI=1S/C19H18ClN5O7S2.Na/c1-32-24-15(12-10-33-19(21-12)22-14(26)9-20)17(27)23-16-13(25(18(16)28)34(29,30)31)8-7-11-5-3-2-4-6-11;/h2-8,10,13,16H,9H2,1H3,(H,23,27)(H,21,22,26)(H,29,30,31);/q;+1/p-1/t13-,16+;/m0./s1. The molecule has 0 saturated carbocycles. The van der Waals surface area contributed by atoms with Crippen molar-refractivity contribution < 1.29 is 61.7 Å². The van der Waals surface area contributed by atoms with Crippen molar-refractivity contribution in [2.45, 2.75) is 12.1 Å². The monoisotopic (exact) mass is 549 g/mol. The molecule has 0 aliphatic carbocycles. The predicted molar refractivity (Wildman–Crippen MR) is 123 cm³/mol. The van der Waals surface area contributed by atoms with Crippen LogP contribution in [0.4, 0.5) is 5.13 Å². The Kier molecular flexibility index (Phi) is 10.4. The molecule has 3 amide bonds. The van der Waals surface area contributed by atoms with Crippen molar-refractivity contribution in [3.63, 3.8) is 0 Å². The number of halogens is 1. The molecular formula is C19H17ClN5NaO7S2. The number of rotatable bonds is 9. The Bertz CT molecular complexity index is 1250. The molecule has 1 fully saturated rings. The summed E-state index contributed by atoms with van der Waals surface area (Å²) in [5, 5.41) is 9.94. The van der Waals surface area contributed by atoms with Gasteiger partial charge in [0.25, 0.3) is 11.8 Å². The number of oxime groups is 1. The number of anilines is 1. The molecule has 1 aromatic heterocycles. The average molecular weight is 550 g/mol. The van der Waals surface area contributed by atoms with Gasteiger partial charge in [-0.15, -0.1) is 22.9 Å². The molecule has 0 radical (unpaired) electrons. The van der Waals surface area contributed by atoms with Crippen molar-refractivity contribution in [1.82, 2.24) is 14.6 Å². The van der Waals surface area contributed by atoms with E-state index in [-0.39, 0.29) is 56.3 Å². The van der Waals surface area contributed by atoms with Gasteiger partial charge in [-0.2, -0.15) is 0 Å². The van der Waals surface area contributed by atoms with Crippen LogP contribution >= 0.6 is 22.9 Å². The van der Waals surface area contributed by atoms with Gasteiger partial charge >= 0.3 is 29.6 Å². The third kappa shape index (κ3) is 7.10. The van der Waals surface area contributed by atoms with Crippen LogP contribution in [0, 0.1) is 0 Å². The van der Waals surface area contributed by atoms with Crippen LogP contribution in [-0.4, -0.2) is 70.8 Å². The number of carbonyl (C=O) groups is 3. The molecule has 1 saturated heterocycles. The number of hydrogen-bond donors (Lipinski definition) is 2. The molecule has 35 heavy (non-hydrogen) atoms. The summed E-state index contributed by atoms with van der Waals surface area (Å²) in [4.78, 5) is 45.4. The molecule has 2 heterocycles. The molecule has 1 aliphatic rings. The molecule has 3 rings (SSSR count). The van der Waals surface area contributed by atoms with Crippen molar-refractivity contribution in [1.29, 1.82) is 0 Å². The third-order valence-corrected chi connectivity index (χ3v) is 6.33. The molecular weight excluding hydrogens is 533 g/mol. The van der Waals surface area contributed by atoms with Crippen molar-refractivity contribution in [2.75, 3.05) is 18.3 Å². The van der Waals surface area contributed by atoms with Gasteiger partial charge in [0.15, 0.2) is 21.1 Å². The zero-order chi connectivity index (χ0) is 24.9. The minimum absolute atomic E-state index is 0. The topological polar surface area (TPSA) is 170 Å². The Morgan fingerprint density at radius 2 is 2.03 bits per heavy atom. The van der Waals surface area contributed by atoms with Gasteiger partial charge in [0.2, 0.25) is 5.91 Å². The second-order valence-corrected chi connectivity index (χ2v) is 9.02. The summed E-state index contributed by atoms with van der Waals surface area (Å²) in [6.07, 6.45) is 2.85. The fraction of sp³-hybridized carbons (Fsp3) is 0.211. The summed E-state index contributed by atoms with van der Waals surface area (Å²) in [6.45, 7) is 0. The van der Waals surface area contributed by atoms with E-state index in [9.17, 15) is 27.4 Å². The van der Waals surface area contributed by atoms with Crippen LogP contribution < -0.4 is 40.2 Å². The van der Waals surface area contributed by atoms with Gasteiger partial charge < -0.3 is 20.0 Å². The van der Waals surface area contributed by atoms with Crippen molar-refractivity contribution in [3.05, 3.63) is 53.0 Å². The number of nitrogens with one attached hydrogen (secondary N) is 2. The van der Waals surface area contributed by atoms with Crippen molar-refractivity contribution in [2.24, 2.45) is 5.16 Å². The first kappa shape index (κ1) is 28.9. The van der Waals surface area contributed by atoms with E-state index in [1.165, 1.54) is 24.6 Å². The second kappa shape index (κ2) is 12.6. The van der Waals surface area contributed by atoms with E-state index in [2.05, 4.69) is 25.6 Å². The Morgan fingerprint density at radius 1 is 1.34 bits per heavy atom. The maximum Gasteiger partial charge on any atom is 1.00 e. The summed E-state index contributed by atoms with van der Waals surface area (Å²) in [7, 11) is -3.93. The normalized spacial score (nSPS) is 18.0. The minimum Gasteiger partial charge on any atom is -0.731 e. The van der Waals surface area contributed by atoms with E-state index in [0.717, 1.165) is 11.3 Å². The van der Waals surface area contributed by atoms with Gasteiger partial charge in [0.05, 0.1) is 6.04 Å². The first-order valence-electron chi connectivity index (χ1n) is 9.41. The molecule has 2 atom stereocenters. The van der Waals surface area contributed by atoms with E-state index in [1.54, 1.807) is 30.3 Å². The maximum atomic E-state index is 12.9. The van der Waals surface area contributed by atoms with Crippen LogP contribution in [0.25, 0.3) is 6.08 Å². The number of β-lactam (4-membered cyclic amide) rings is 1. The second-order valence-electron chi connectivity index (χ2n) is 6.65. The molecule has 2 aromatic rings. The molecule has 0 spiro atoms. The number of carbonyl (C=O) groups excluding carboxylic acids is 3. The Hall–Kier alpha value is -2.33. The van der Waals surface area contributed by atoms with Crippen LogP contribution in [-0.2, 0) is 29.5 Å². The summed E-state index contributed by atoms with van der Waals surface area (Å²) in [5.41, 5.74) is 0.364. The SMILES string of the molecule is CON=C(C(=O)N[C@H]1C(=O)N(S(=O)(=O)[O-])[C@H]1C=Cc1ccccc1)c1csc(NC(=O)CCl)n1.[Na+]. The van der Waals surface area contributed by atoms with Gasteiger partial charge in [-0.3, -0.25) is 14.4 Å². The van der Waals surface area contributed by atoms with Crippen molar-refractivity contribution >= 4 is 67.9 Å². The number of hydrogen-bond acceptors (Lipinski definition) is 10. The quantitative estimate of drug-likeness (QED) is 0.0866. The summed E-state index contributed by atoms with van der Waals surface area (Å²) in [5.74, 6) is -2.82. The molecule has 1 aliphatic heterocycles. The molecule has 0 unspecified atom stereocenters. The number of aromatic nitrogens is 1. The Morgan fingerprint density at radius 3 is 2.63 bits per heavy atom. The molecule has 0 bridgehead atoms. The first-order chi connectivity index (χ1) is 16.2. The van der Waals surface area contributed by atoms with Crippen LogP contribution in [0.1, 0.15) is 11.3 Å². The number of nitrogens with zero attached hydrogens (tertiary/aromatic N) is 3. The van der Waals surface area contributed by atoms with E-state index in [4.69, 9.17) is 11.6 Å². The molecule has 180 valence electrons. The van der Waals surface area contributed by atoms with Gasteiger partial charge in [-0.1, -0.05) is 47.6 Å². The summed E-state index contributed by atoms with van der Waals surface area (Å²) < 4.78 is 34.8. The van der Waals surface area contributed by atoms with Crippen LogP contribution in [0.15, 0.2) is 46.9 Å². The Balaban J connectivity index is 0.00000432. The fourth-order valence-corrected chi connectivity index (χ4v) is 4.55. The summed E-state index contributed by atoms with van der Waals surface area (Å²) in [6, 6.07) is 6.13. The van der Waals surface area contributed by atoms with Gasteiger partial charge in [0, 0.05) is 5.38 Å². The molecule has 2 N–H and O–H groups in total. The van der Waals surface area contributed by atoms with Crippen LogP contribution in [0.3, 0.4) is 0 Å². The third-order valence-electron chi connectivity index (χ3n) is 4.42. The van der Waals surface area contributed by atoms with E-state index >= 15 is 0 Å². The van der Waals surface area contributed by atoms with Gasteiger partial charge in [0.1, 0.15) is 24.7 Å². The fourth-order valence-electron chi connectivity index (χ4n) is 2.95. The molecule has 16 heteroatoms. The average Bonchev–Trinajstić information content (AvgIpc) is 3.25. The number of amides is 3. The Labute approximate surface area is 231 Å². The van der Waals surface area contributed by atoms with E-state index in [1.807, 2.05) is 0 Å². The number of thiazole rings is 1. The predicted octanol–water partition coefficient (Wildman–Crippen LogP) is -2.46. The first-order valence-corrected chi connectivity index (χ1v) is 12.2. The summed E-state index contributed by atoms with van der Waals surface area (Å²) >= 11 is 6.43. The largest absolute Gasteiger partial charge is 1.00 e. The zero-order valence-electron chi connectivity index (χ0n) is 18.4. The van der Waals surface area contributed by atoms with E-state index < -0.39 is 40.1 Å². The number of benzene rings is 1. The van der Waals surface area contributed by atoms with Gasteiger partial charge in [-0.25, -0.2) is 17.7 Å².